The number of ether oxygens (including phenoxy) is 3. The minimum Gasteiger partial charge on any atom is -0.486 e. The number of aromatic nitrogens is 1. The van der Waals surface area contributed by atoms with Gasteiger partial charge in [-0.2, -0.15) is 0 Å². The zero-order valence-corrected chi connectivity index (χ0v) is 16.6. The predicted molar refractivity (Wildman–Crippen MR) is 103 cm³/mol. The Morgan fingerprint density at radius 1 is 1.11 bits per heavy atom. The highest BCUT2D eigenvalue weighted by Crippen LogP contribution is 2.36. The fourth-order valence-electron chi connectivity index (χ4n) is 3.50. The molecule has 1 aromatic carbocycles. The van der Waals surface area contributed by atoms with E-state index in [1.54, 1.807) is 4.90 Å². The van der Waals surface area contributed by atoms with Gasteiger partial charge in [-0.3, -0.25) is 0 Å². The molecular weight excluding hydrogens is 360 g/mol. The van der Waals surface area contributed by atoms with E-state index in [0.29, 0.717) is 32.1 Å². The van der Waals surface area contributed by atoms with E-state index in [-0.39, 0.29) is 12.0 Å². The summed E-state index contributed by atoms with van der Waals surface area (Å²) >= 11 is 0. The molecule has 2 aliphatic rings. The Hall–Kier alpha value is -2.70. The molecule has 1 aromatic heterocycles. The van der Waals surface area contributed by atoms with Crippen molar-refractivity contribution in [3.05, 3.63) is 30.0 Å². The molecule has 7 nitrogen and oxygen atoms in total. The van der Waals surface area contributed by atoms with Crippen LogP contribution in [0.15, 0.2) is 28.8 Å². The predicted octanol–water partition coefficient (Wildman–Crippen LogP) is 4.23. The Balaban J connectivity index is 1.40. The van der Waals surface area contributed by atoms with E-state index >= 15 is 0 Å². The van der Waals surface area contributed by atoms with Crippen molar-refractivity contribution in [1.29, 1.82) is 0 Å². The van der Waals surface area contributed by atoms with Crippen LogP contribution < -0.4 is 9.47 Å². The second kappa shape index (κ2) is 7.37. The lowest BCUT2D eigenvalue weighted by Gasteiger charge is -2.32. The summed E-state index contributed by atoms with van der Waals surface area (Å²) < 4.78 is 22.2. The van der Waals surface area contributed by atoms with Gasteiger partial charge in [0.05, 0.1) is 5.69 Å². The van der Waals surface area contributed by atoms with E-state index < -0.39 is 5.60 Å². The standard InChI is InChI=1S/C21H26N2O5/c1-21(2,3)27-20(24)23-8-6-14(7-9-23)16-13-18(28-22-16)15-4-5-17-19(12-15)26-11-10-25-17/h4-5,12-14H,6-11H2,1-3H3. The molecule has 1 saturated heterocycles. The van der Waals surface area contributed by atoms with Gasteiger partial charge in [0.2, 0.25) is 0 Å². The number of benzene rings is 1. The van der Waals surface area contributed by atoms with E-state index in [9.17, 15) is 4.79 Å². The number of hydrogen-bond acceptors (Lipinski definition) is 6. The zero-order chi connectivity index (χ0) is 19.7. The molecule has 0 saturated carbocycles. The van der Waals surface area contributed by atoms with Crippen molar-refractivity contribution in [3.63, 3.8) is 0 Å². The van der Waals surface area contributed by atoms with Crippen molar-refractivity contribution in [2.24, 2.45) is 0 Å². The third kappa shape index (κ3) is 4.08. The first-order valence-corrected chi connectivity index (χ1v) is 9.73. The molecule has 2 aromatic rings. The Kier molecular flexibility index (Phi) is 4.91. The number of likely N-dealkylation sites (tertiary alicyclic amines) is 1. The minimum atomic E-state index is -0.474. The SMILES string of the molecule is CC(C)(C)OC(=O)N1CCC(c2cc(-c3ccc4c(c3)OCCO4)on2)CC1. The van der Waals surface area contributed by atoms with Crippen molar-refractivity contribution in [2.75, 3.05) is 26.3 Å². The highest BCUT2D eigenvalue weighted by molar-refractivity contribution is 5.68. The first kappa shape index (κ1) is 18.7. The average Bonchev–Trinajstić information content (AvgIpc) is 3.16. The number of carbonyl (C=O) groups excluding carboxylic acids is 1. The topological polar surface area (TPSA) is 74.0 Å². The molecule has 7 heteroatoms. The smallest absolute Gasteiger partial charge is 0.410 e. The van der Waals surface area contributed by atoms with Crippen LogP contribution in [0.25, 0.3) is 11.3 Å². The fourth-order valence-corrected chi connectivity index (χ4v) is 3.50. The maximum atomic E-state index is 12.2. The summed E-state index contributed by atoms with van der Waals surface area (Å²) in [4.78, 5) is 14.0. The quantitative estimate of drug-likeness (QED) is 0.769. The van der Waals surface area contributed by atoms with Gasteiger partial charge in [0.1, 0.15) is 18.8 Å². The van der Waals surface area contributed by atoms with Crippen LogP contribution in [0.5, 0.6) is 11.5 Å². The van der Waals surface area contributed by atoms with Crippen LogP contribution in [0.3, 0.4) is 0 Å². The normalized spacial score (nSPS) is 17.5. The third-order valence-electron chi connectivity index (χ3n) is 4.92. The van der Waals surface area contributed by atoms with Gasteiger partial charge in [-0.1, -0.05) is 5.16 Å². The van der Waals surface area contributed by atoms with Crippen LogP contribution in [0, 0.1) is 0 Å². The molecule has 0 radical (unpaired) electrons. The second-order valence-corrected chi connectivity index (χ2v) is 8.22. The molecule has 4 rings (SSSR count). The summed E-state index contributed by atoms with van der Waals surface area (Å²) in [6.45, 7) is 8.08. The van der Waals surface area contributed by atoms with Gasteiger partial charge in [0.25, 0.3) is 0 Å². The van der Waals surface area contributed by atoms with Crippen LogP contribution in [-0.4, -0.2) is 48.1 Å². The number of carbonyl (C=O) groups is 1. The number of amides is 1. The van der Waals surface area contributed by atoms with E-state index in [4.69, 9.17) is 18.7 Å². The molecule has 0 unspecified atom stereocenters. The maximum absolute atomic E-state index is 12.2. The van der Waals surface area contributed by atoms with Gasteiger partial charge < -0.3 is 23.6 Å². The van der Waals surface area contributed by atoms with Crippen molar-refractivity contribution in [3.8, 4) is 22.8 Å². The Morgan fingerprint density at radius 2 is 1.82 bits per heavy atom. The first-order chi connectivity index (χ1) is 13.4. The Bertz CT molecular complexity index is 847. The first-order valence-electron chi connectivity index (χ1n) is 9.73. The van der Waals surface area contributed by atoms with E-state index in [0.717, 1.165) is 35.6 Å². The monoisotopic (exact) mass is 386 g/mol. The summed E-state index contributed by atoms with van der Waals surface area (Å²) in [7, 11) is 0. The van der Waals surface area contributed by atoms with Gasteiger partial charge >= 0.3 is 6.09 Å². The van der Waals surface area contributed by atoms with Crippen LogP contribution in [0.4, 0.5) is 4.79 Å². The summed E-state index contributed by atoms with van der Waals surface area (Å²) in [5, 5.41) is 4.28. The number of nitrogens with zero attached hydrogens (tertiary/aromatic N) is 2. The molecule has 28 heavy (non-hydrogen) atoms. The molecule has 0 aliphatic carbocycles. The maximum Gasteiger partial charge on any atom is 0.410 e. The molecular formula is C21H26N2O5. The van der Waals surface area contributed by atoms with E-state index in [2.05, 4.69) is 5.16 Å². The molecule has 150 valence electrons. The molecule has 0 atom stereocenters. The van der Waals surface area contributed by atoms with Crippen LogP contribution in [0.2, 0.25) is 0 Å². The molecule has 1 fully saturated rings. The average molecular weight is 386 g/mol. The minimum absolute atomic E-state index is 0.247. The molecule has 3 heterocycles. The van der Waals surface area contributed by atoms with E-state index in [1.807, 2.05) is 45.0 Å². The number of rotatable bonds is 2. The van der Waals surface area contributed by atoms with Crippen LogP contribution in [-0.2, 0) is 4.74 Å². The van der Waals surface area contributed by atoms with Crippen LogP contribution in [0.1, 0.15) is 45.2 Å². The van der Waals surface area contributed by atoms with Gasteiger partial charge in [-0.15, -0.1) is 0 Å². The summed E-state index contributed by atoms with van der Waals surface area (Å²) in [5.74, 6) is 2.46. The van der Waals surface area contributed by atoms with Crippen molar-refractivity contribution in [2.45, 2.75) is 45.1 Å². The number of fused-ring (bicyclic) bond motifs is 1. The molecule has 0 N–H and O–H groups in total. The molecule has 0 spiro atoms. The van der Waals surface area contributed by atoms with E-state index in [1.165, 1.54) is 0 Å². The molecule has 1 amide bonds. The molecule has 2 aliphatic heterocycles. The summed E-state index contributed by atoms with van der Waals surface area (Å²) in [5.41, 5.74) is 1.36. The van der Waals surface area contributed by atoms with Gasteiger partial charge in [-0.05, 0) is 51.8 Å². The fraction of sp³-hybridized carbons (Fsp3) is 0.524. The highest BCUT2D eigenvalue weighted by Gasteiger charge is 2.29. The van der Waals surface area contributed by atoms with Crippen molar-refractivity contribution >= 4 is 6.09 Å². The summed E-state index contributed by atoms with van der Waals surface area (Å²) in [6, 6.07) is 7.75. The van der Waals surface area contributed by atoms with Crippen molar-refractivity contribution < 1.29 is 23.5 Å². The van der Waals surface area contributed by atoms with Gasteiger partial charge in [-0.25, -0.2) is 4.79 Å². The Labute approximate surface area is 164 Å². The number of piperidine rings is 1. The highest BCUT2D eigenvalue weighted by atomic mass is 16.6. The summed E-state index contributed by atoms with van der Waals surface area (Å²) in [6.07, 6.45) is 1.43. The van der Waals surface area contributed by atoms with Gasteiger partial charge in [0, 0.05) is 30.6 Å². The lowest BCUT2D eigenvalue weighted by Crippen LogP contribution is -2.41. The van der Waals surface area contributed by atoms with Crippen molar-refractivity contribution in [1.82, 2.24) is 10.1 Å². The second-order valence-electron chi connectivity index (χ2n) is 8.22. The largest absolute Gasteiger partial charge is 0.486 e. The zero-order valence-electron chi connectivity index (χ0n) is 16.6. The van der Waals surface area contributed by atoms with Crippen LogP contribution >= 0.6 is 0 Å². The lowest BCUT2D eigenvalue weighted by molar-refractivity contribution is 0.0203. The molecule has 0 bridgehead atoms. The lowest BCUT2D eigenvalue weighted by atomic mass is 9.93. The Morgan fingerprint density at radius 3 is 2.54 bits per heavy atom. The third-order valence-corrected chi connectivity index (χ3v) is 4.92. The number of hydrogen-bond donors (Lipinski definition) is 0. The van der Waals surface area contributed by atoms with Gasteiger partial charge in [0.15, 0.2) is 17.3 Å².